The van der Waals surface area contributed by atoms with Gasteiger partial charge in [0.2, 0.25) is 0 Å². The molecule has 0 unspecified atom stereocenters. The summed E-state index contributed by atoms with van der Waals surface area (Å²) < 4.78 is 1.92. The number of hydrogen-bond donors (Lipinski definition) is 1. The van der Waals surface area contributed by atoms with Crippen LogP contribution >= 0.6 is 0 Å². The third-order valence-corrected chi connectivity index (χ3v) is 2.95. The van der Waals surface area contributed by atoms with E-state index in [0.29, 0.717) is 0 Å². The molecule has 0 saturated heterocycles. The Morgan fingerprint density at radius 2 is 2.00 bits per heavy atom. The van der Waals surface area contributed by atoms with E-state index in [1.165, 1.54) is 0 Å². The molecule has 0 fully saturated rings. The third-order valence-electron chi connectivity index (χ3n) is 2.95. The van der Waals surface area contributed by atoms with Gasteiger partial charge in [0, 0.05) is 6.20 Å². The van der Waals surface area contributed by atoms with Crippen molar-refractivity contribution in [2.24, 2.45) is 0 Å². The van der Waals surface area contributed by atoms with Gasteiger partial charge < -0.3 is 5.11 Å². The monoisotopic (exact) mass is 239 g/mol. The van der Waals surface area contributed by atoms with Gasteiger partial charge in [-0.2, -0.15) is 0 Å². The van der Waals surface area contributed by atoms with E-state index in [1.807, 2.05) is 41.0 Å². The maximum Gasteiger partial charge on any atom is 0.138 e. The minimum Gasteiger partial charge on any atom is -0.389 e. The molecule has 3 aromatic rings. The highest BCUT2D eigenvalue weighted by Gasteiger charge is 2.07. The topological polar surface area (TPSA) is 50.9 Å². The molecule has 1 aromatic carbocycles. The lowest BCUT2D eigenvalue weighted by Gasteiger charge is -2.07. The smallest absolute Gasteiger partial charge is 0.138 e. The molecule has 0 bridgehead atoms. The molecule has 0 aliphatic carbocycles. The molecule has 0 amide bonds. The maximum absolute atomic E-state index is 9.61. The Morgan fingerprint density at radius 1 is 1.17 bits per heavy atom. The Bertz CT molecular complexity index is 688. The van der Waals surface area contributed by atoms with Crippen molar-refractivity contribution in [2.45, 2.75) is 13.0 Å². The van der Waals surface area contributed by atoms with Crippen LogP contribution < -0.4 is 0 Å². The summed E-state index contributed by atoms with van der Waals surface area (Å²) in [6, 6.07) is 11.6. The number of aliphatic hydroxyl groups is 1. The van der Waals surface area contributed by atoms with Crippen LogP contribution in [0.4, 0.5) is 0 Å². The first-order chi connectivity index (χ1) is 8.75. The summed E-state index contributed by atoms with van der Waals surface area (Å²) in [4.78, 5) is 8.66. The van der Waals surface area contributed by atoms with E-state index in [1.54, 1.807) is 19.4 Å². The molecule has 1 N–H and O–H groups in total. The van der Waals surface area contributed by atoms with Crippen molar-refractivity contribution >= 4 is 11.0 Å². The second kappa shape index (κ2) is 4.23. The van der Waals surface area contributed by atoms with Gasteiger partial charge in [0.15, 0.2) is 0 Å². The average Bonchev–Trinajstić information content (AvgIpc) is 2.82. The molecule has 4 nitrogen and oxygen atoms in total. The summed E-state index contributed by atoms with van der Waals surface area (Å²) >= 11 is 0. The van der Waals surface area contributed by atoms with Crippen LogP contribution in [-0.2, 0) is 0 Å². The van der Waals surface area contributed by atoms with Gasteiger partial charge in [0.05, 0.1) is 17.1 Å². The summed E-state index contributed by atoms with van der Waals surface area (Å²) in [5.74, 6) is 0.766. The number of nitrogens with zero attached hydrogens (tertiary/aromatic N) is 3. The predicted octanol–water partition coefficient (Wildman–Crippen LogP) is 2.47. The van der Waals surface area contributed by atoms with Gasteiger partial charge in [-0.3, -0.25) is 4.57 Å². The summed E-state index contributed by atoms with van der Waals surface area (Å²) in [5.41, 5.74) is 2.78. The summed E-state index contributed by atoms with van der Waals surface area (Å²) in [6.45, 7) is 1.74. The van der Waals surface area contributed by atoms with Crippen LogP contribution in [0.2, 0.25) is 0 Å². The highest BCUT2D eigenvalue weighted by Crippen LogP contribution is 2.19. The summed E-state index contributed by atoms with van der Waals surface area (Å²) in [5, 5.41) is 9.61. The van der Waals surface area contributed by atoms with Crippen molar-refractivity contribution in [2.75, 3.05) is 0 Å². The van der Waals surface area contributed by atoms with Crippen molar-refractivity contribution < 1.29 is 5.11 Å². The first kappa shape index (κ1) is 10.9. The number of aliphatic hydroxyl groups excluding tert-OH is 1. The molecule has 1 atom stereocenters. The van der Waals surface area contributed by atoms with Gasteiger partial charge in [-0.1, -0.05) is 12.1 Å². The maximum atomic E-state index is 9.61. The lowest BCUT2D eigenvalue weighted by atomic mass is 10.2. The number of para-hydroxylation sites is 2. The minimum absolute atomic E-state index is 0.499. The van der Waals surface area contributed by atoms with E-state index in [-0.39, 0.29) is 0 Å². The normalized spacial score (nSPS) is 12.8. The predicted molar refractivity (Wildman–Crippen MR) is 69.5 cm³/mol. The zero-order valence-electron chi connectivity index (χ0n) is 9.99. The molecule has 0 saturated carbocycles. The summed E-state index contributed by atoms with van der Waals surface area (Å²) in [6.07, 6.45) is 2.95. The fourth-order valence-corrected chi connectivity index (χ4v) is 1.97. The second-order valence-electron chi connectivity index (χ2n) is 4.23. The molecule has 2 heterocycles. The summed E-state index contributed by atoms with van der Waals surface area (Å²) in [7, 11) is 0. The first-order valence-electron chi connectivity index (χ1n) is 5.82. The molecule has 0 aliphatic heterocycles. The van der Waals surface area contributed by atoms with Crippen LogP contribution in [0.1, 0.15) is 18.6 Å². The van der Waals surface area contributed by atoms with Crippen LogP contribution in [0.5, 0.6) is 0 Å². The van der Waals surface area contributed by atoms with E-state index in [0.717, 1.165) is 22.4 Å². The van der Waals surface area contributed by atoms with Crippen molar-refractivity contribution in [3.05, 3.63) is 54.5 Å². The molecule has 18 heavy (non-hydrogen) atoms. The second-order valence-corrected chi connectivity index (χ2v) is 4.23. The van der Waals surface area contributed by atoms with Crippen LogP contribution in [0.15, 0.2) is 48.9 Å². The molecular weight excluding hydrogens is 226 g/mol. The van der Waals surface area contributed by atoms with Crippen LogP contribution in [0, 0.1) is 0 Å². The van der Waals surface area contributed by atoms with E-state index in [9.17, 15) is 5.11 Å². The van der Waals surface area contributed by atoms with Crippen molar-refractivity contribution in [3.8, 4) is 5.82 Å². The quantitative estimate of drug-likeness (QED) is 0.747. The Balaban J connectivity index is 2.17. The molecule has 2 aromatic heterocycles. The molecule has 0 spiro atoms. The van der Waals surface area contributed by atoms with E-state index >= 15 is 0 Å². The number of benzene rings is 1. The van der Waals surface area contributed by atoms with Crippen LogP contribution in [0.25, 0.3) is 16.9 Å². The molecule has 3 rings (SSSR count). The van der Waals surface area contributed by atoms with Gasteiger partial charge in [-0.05, 0) is 36.8 Å². The van der Waals surface area contributed by atoms with Crippen LogP contribution in [-0.4, -0.2) is 19.6 Å². The molecule has 0 radical (unpaired) electrons. The van der Waals surface area contributed by atoms with Gasteiger partial charge in [0.25, 0.3) is 0 Å². The van der Waals surface area contributed by atoms with Crippen molar-refractivity contribution in [3.63, 3.8) is 0 Å². The molecule has 90 valence electrons. The molecular formula is C14H13N3O. The van der Waals surface area contributed by atoms with E-state index in [2.05, 4.69) is 9.97 Å². The zero-order valence-corrected chi connectivity index (χ0v) is 9.99. The highest BCUT2D eigenvalue weighted by molar-refractivity contribution is 5.76. The standard InChI is InChI=1S/C14H13N3O/c1-10(18)11-6-7-15-14(8-11)17-9-16-12-4-2-3-5-13(12)17/h2-10,18H,1H3/t10-/m0/s1. The Morgan fingerprint density at radius 3 is 2.83 bits per heavy atom. The van der Waals surface area contributed by atoms with Crippen molar-refractivity contribution in [1.29, 1.82) is 0 Å². The number of pyridine rings is 1. The fraction of sp³-hybridized carbons (Fsp3) is 0.143. The van der Waals surface area contributed by atoms with E-state index < -0.39 is 6.10 Å². The minimum atomic E-state index is -0.499. The van der Waals surface area contributed by atoms with Gasteiger partial charge >= 0.3 is 0 Å². The number of aromatic nitrogens is 3. The van der Waals surface area contributed by atoms with Gasteiger partial charge in [-0.15, -0.1) is 0 Å². The number of fused-ring (bicyclic) bond motifs is 1. The lowest BCUT2D eigenvalue weighted by Crippen LogP contribution is -1.99. The number of hydrogen-bond acceptors (Lipinski definition) is 3. The van der Waals surface area contributed by atoms with Gasteiger partial charge in [-0.25, -0.2) is 9.97 Å². The molecule has 4 heteroatoms. The molecule has 0 aliphatic rings. The average molecular weight is 239 g/mol. The SMILES string of the molecule is C[C@H](O)c1ccnc(-n2cnc3ccccc32)c1. The Labute approximate surface area is 105 Å². The zero-order chi connectivity index (χ0) is 12.5. The van der Waals surface area contributed by atoms with Gasteiger partial charge in [0.1, 0.15) is 12.1 Å². The fourth-order valence-electron chi connectivity index (χ4n) is 1.97. The number of imidazole rings is 1. The lowest BCUT2D eigenvalue weighted by molar-refractivity contribution is 0.199. The Hall–Kier alpha value is -2.20. The Kier molecular flexibility index (Phi) is 2.57. The largest absolute Gasteiger partial charge is 0.389 e. The van der Waals surface area contributed by atoms with Crippen molar-refractivity contribution in [1.82, 2.24) is 14.5 Å². The third kappa shape index (κ3) is 1.76. The number of rotatable bonds is 2. The van der Waals surface area contributed by atoms with Crippen LogP contribution in [0.3, 0.4) is 0 Å². The highest BCUT2D eigenvalue weighted by atomic mass is 16.3. The first-order valence-corrected chi connectivity index (χ1v) is 5.82. The van der Waals surface area contributed by atoms with E-state index in [4.69, 9.17) is 0 Å².